The second kappa shape index (κ2) is 11.5. The molecule has 11 heteroatoms. The molecule has 0 radical (unpaired) electrons. The topological polar surface area (TPSA) is 126 Å². The Morgan fingerprint density at radius 1 is 0.775 bits per heavy atom. The minimum absolute atomic E-state index is 0.107. The molecule has 0 atom stereocenters. The maximum absolute atomic E-state index is 11.3. The van der Waals surface area contributed by atoms with Gasteiger partial charge in [0.15, 0.2) is 0 Å². The number of aromatic carboxylic acids is 2. The van der Waals surface area contributed by atoms with Crippen LogP contribution in [-0.4, -0.2) is 32.3 Å². The van der Waals surface area contributed by atoms with E-state index in [4.69, 9.17) is 32.4 Å². The van der Waals surface area contributed by atoms with Gasteiger partial charge >= 0.3 is 18.0 Å². The third-order valence-electron chi connectivity index (χ3n) is 5.80. The molecule has 0 spiro atoms. The standard InChI is InChI=1S/C29H19Cl2N3O6/c30-24-12-11-21(15-25(24)31)34(16-17-7-9-18(10-8-17)27(35)36)29-33-32-26(40-29)19-3-1-5-22(13-19)39-23-6-2-4-20(14-23)28(37)38/h1-15H,16H2,(H,35,36)(H,37,38). The van der Waals surface area contributed by atoms with Crippen LogP contribution < -0.4 is 9.64 Å². The van der Waals surface area contributed by atoms with Gasteiger partial charge in [-0.1, -0.05) is 52.6 Å². The van der Waals surface area contributed by atoms with E-state index < -0.39 is 11.9 Å². The normalized spacial score (nSPS) is 10.8. The van der Waals surface area contributed by atoms with Crippen LogP contribution in [0.4, 0.5) is 11.7 Å². The predicted octanol–water partition coefficient (Wildman–Crippen LogP) is 7.57. The van der Waals surface area contributed by atoms with Gasteiger partial charge in [0, 0.05) is 11.3 Å². The van der Waals surface area contributed by atoms with E-state index in [2.05, 4.69) is 10.2 Å². The van der Waals surface area contributed by atoms with Gasteiger partial charge in [-0.2, -0.15) is 0 Å². The molecular formula is C29H19Cl2N3O6. The molecule has 40 heavy (non-hydrogen) atoms. The van der Waals surface area contributed by atoms with Gasteiger partial charge in [-0.15, -0.1) is 5.10 Å². The summed E-state index contributed by atoms with van der Waals surface area (Å²) in [5.41, 5.74) is 2.26. The zero-order valence-electron chi connectivity index (χ0n) is 20.5. The van der Waals surface area contributed by atoms with Crippen LogP contribution in [-0.2, 0) is 6.54 Å². The monoisotopic (exact) mass is 575 g/mol. The summed E-state index contributed by atoms with van der Waals surface area (Å²) in [5, 5.41) is 27.6. The van der Waals surface area contributed by atoms with Crippen LogP contribution in [0.1, 0.15) is 26.3 Å². The van der Waals surface area contributed by atoms with Crippen molar-refractivity contribution in [2.75, 3.05) is 4.90 Å². The Morgan fingerprint density at radius 3 is 2.17 bits per heavy atom. The van der Waals surface area contributed by atoms with Crippen molar-refractivity contribution in [1.29, 1.82) is 0 Å². The zero-order valence-corrected chi connectivity index (χ0v) is 22.0. The highest BCUT2D eigenvalue weighted by atomic mass is 35.5. The van der Waals surface area contributed by atoms with Gasteiger partial charge in [0.25, 0.3) is 0 Å². The Kier molecular flexibility index (Phi) is 7.68. The van der Waals surface area contributed by atoms with Crippen molar-refractivity contribution >= 4 is 46.8 Å². The molecule has 5 aromatic rings. The van der Waals surface area contributed by atoms with E-state index in [1.165, 1.54) is 24.3 Å². The van der Waals surface area contributed by atoms with Gasteiger partial charge in [-0.05, 0) is 72.3 Å². The average molecular weight is 576 g/mol. The van der Waals surface area contributed by atoms with E-state index in [0.717, 1.165) is 5.56 Å². The third kappa shape index (κ3) is 6.06. The molecule has 5 rings (SSSR count). The van der Waals surface area contributed by atoms with Crippen LogP contribution in [0.25, 0.3) is 11.5 Å². The summed E-state index contributed by atoms with van der Waals surface area (Å²) < 4.78 is 11.9. The molecule has 0 aliphatic carbocycles. The molecule has 2 N–H and O–H groups in total. The molecule has 9 nitrogen and oxygen atoms in total. The average Bonchev–Trinajstić information content (AvgIpc) is 3.44. The number of halogens is 2. The van der Waals surface area contributed by atoms with E-state index in [1.807, 2.05) is 0 Å². The molecule has 200 valence electrons. The highest BCUT2D eigenvalue weighted by molar-refractivity contribution is 6.42. The van der Waals surface area contributed by atoms with Gasteiger partial charge in [-0.25, -0.2) is 9.59 Å². The number of nitrogens with zero attached hydrogens (tertiary/aromatic N) is 3. The summed E-state index contributed by atoms with van der Waals surface area (Å²) in [5.74, 6) is -1.05. The second-order valence-corrected chi connectivity index (χ2v) is 9.35. The molecule has 0 fully saturated rings. The number of hydrogen-bond acceptors (Lipinski definition) is 7. The smallest absolute Gasteiger partial charge is 0.335 e. The van der Waals surface area contributed by atoms with E-state index in [-0.39, 0.29) is 29.6 Å². The number of rotatable bonds is 9. The fraction of sp³-hybridized carbons (Fsp3) is 0.0345. The first kappa shape index (κ1) is 26.7. The van der Waals surface area contributed by atoms with E-state index >= 15 is 0 Å². The van der Waals surface area contributed by atoms with Crippen LogP contribution in [0.3, 0.4) is 0 Å². The minimum atomic E-state index is -1.05. The van der Waals surface area contributed by atoms with Crippen molar-refractivity contribution < 1.29 is 29.0 Å². The lowest BCUT2D eigenvalue weighted by Crippen LogP contribution is -2.17. The molecule has 1 aromatic heterocycles. The summed E-state index contributed by atoms with van der Waals surface area (Å²) in [4.78, 5) is 24.2. The van der Waals surface area contributed by atoms with Crippen LogP contribution in [0.15, 0.2) is 95.4 Å². The van der Waals surface area contributed by atoms with Crippen molar-refractivity contribution in [3.8, 4) is 23.0 Å². The molecule has 4 aromatic carbocycles. The van der Waals surface area contributed by atoms with Gasteiger partial charge in [0.05, 0.1) is 27.7 Å². The van der Waals surface area contributed by atoms with Crippen molar-refractivity contribution in [3.63, 3.8) is 0 Å². The fourth-order valence-electron chi connectivity index (χ4n) is 3.82. The summed E-state index contributed by atoms with van der Waals surface area (Å²) in [6, 6.07) is 24.7. The van der Waals surface area contributed by atoms with Crippen LogP contribution >= 0.6 is 23.2 Å². The quantitative estimate of drug-likeness (QED) is 0.183. The number of carboxylic acids is 2. The first-order valence-electron chi connectivity index (χ1n) is 11.8. The molecule has 1 heterocycles. The van der Waals surface area contributed by atoms with Crippen molar-refractivity contribution in [2.24, 2.45) is 0 Å². The van der Waals surface area contributed by atoms with Crippen molar-refractivity contribution in [3.05, 3.63) is 118 Å². The zero-order chi connectivity index (χ0) is 28.2. The third-order valence-corrected chi connectivity index (χ3v) is 6.54. The van der Waals surface area contributed by atoms with Crippen molar-refractivity contribution in [2.45, 2.75) is 6.54 Å². The fourth-order valence-corrected chi connectivity index (χ4v) is 4.11. The summed E-state index contributed by atoms with van der Waals surface area (Å²) >= 11 is 12.4. The molecule has 0 amide bonds. The van der Waals surface area contributed by atoms with E-state index in [0.29, 0.717) is 32.8 Å². The van der Waals surface area contributed by atoms with Crippen LogP contribution in [0, 0.1) is 0 Å². The lowest BCUT2D eigenvalue weighted by molar-refractivity contribution is 0.0686. The molecule has 0 aliphatic rings. The largest absolute Gasteiger partial charge is 0.478 e. The summed E-state index contributed by atoms with van der Waals surface area (Å²) in [7, 11) is 0. The SMILES string of the molecule is O=C(O)c1ccc(CN(c2ccc(Cl)c(Cl)c2)c2nnc(-c3cccc(Oc4cccc(C(=O)O)c4)c3)o2)cc1. The number of ether oxygens (including phenoxy) is 1. The molecule has 0 bridgehead atoms. The molecule has 0 saturated heterocycles. The Morgan fingerprint density at radius 2 is 1.48 bits per heavy atom. The van der Waals surface area contributed by atoms with E-state index in [9.17, 15) is 19.8 Å². The lowest BCUT2D eigenvalue weighted by Gasteiger charge is -2.21. The Labute approximate surface area is 237 Å². The maximum atomic E-state index is 11.3. The highest BCUT2D eigenvalue weighted by Crippen LogP contribution is 2.34. The molecule has 0 unspecified atom stereocenters. The predicted molar refractivity (Wildman–Crippen MR) is 149 cm³/mol. The number of aromatic nitrogens is 2. The molecular weight excluding hydrogens is 557 g/mol. The Bertz CT molecular complexity index is 1700. The Balaban J connectivity index is 1.44. The number of benzene rings is 4. The van der Waals surface area contributed by atoms with Crippen molar-refractivity contribution in [1.82, 2.24) is 10.2 Å². The van der Waals surface area contributed by atoms with E-state index in [1.54, 1.807) is 71.6 Å². The summed E-state index contributed by atoms with van der Waals surface area (Å²) in [6.07, 6.45) is 0. The van der Waals surface area contributed by atoms with Gasteiger partial charge in [-0.3, -0.25) is 4.90 Å². The first-order valence-corrected chi connectivity index (χ1v) is 12.5. The highest BCUT2D eigenvalue weighted by Gasteiger charge is 2.20. The molecule has 0 aliphatic heterocycles. The number of anilines is 2. The van der Waals surface area contributed by atoms with Gasteiger partial charge in [0.2, 0.25) is 5.89 Å². The number of carbonyl (C=O) groups is 2. The lowest BCUT2D eigenvalue weighted by atomic mass is 10.1. The van der Waals surface area contributed by atoms with Crippen LogP contribution in [0.5, 0.6) is 11.5 Å². The number of hydrogen-bond donors (Lipinski definition) is 2. The Hall–Kier alpha value is -4.86. The van der Waals surface area contributed by atoms with Gasteiger partial charge < -0.3 is 19.4 Å². The first-order chi connectivity index (χ1) is 19.3. The van der Waals surface area contributed by atoms with Crippen LogP contribution in [0.2, 0.25) is 10.0 Å². The second-order valence-electron chi connectivity index (χ2n) is 8.54. The maximum Gasteiger partial charge on any atom is 0.335 e. The minimum Gasteiger partial charge on any atom is -0.478 e. The van der Waals surface area contributed by atoms with Gasteiger partial charge in [0.1, 0.15) is 11.5 Å². The summed E-state index contributed by atoms with van der Waals surface area (Å²) in [6.45, 7) is 0.266. The molecule has 0 saturated carbocycles. The number of carboxylic acid groups (broad SMARTS) is 2.